The Morgan fingerprint density at radius 3 is 1.94 bits per heavy atom. The first-order chi connectivity index (χ1) is 8.36. The SMILES string of the molecule is N=C=O.c1ccc(COc2ccccc2)cc1. The van der Waals surface area contributed by atoms with Gasteiger partial charge in [0.25, 0.3) is 0 Å². The van der Waals surface area contributed by atoms with Gasteiger partial charge >= 0.3 is 0 Å². The van der Waals surface area contributed by atoms with Crippen molar-refractivity contribution in [1.29, 1.82) is 5.41 Å². The Labute approximate surface area is 100 Å². The fourth-order valence-electron chi connectivity index (χ4n) is 1.26. The zero-order chi connectivity index (χ0) is 12.3. The van der Waals surface area contributed by atoms with Crippen LogP contribution in [-0.2, 0) is 11.4 Å². The van der Waals surface area contributed by atoms with Crippen LogP contribution in [0.1, 0.15) is 5.56 Å². The van der Waals surface area contributed by atoms with Crippen molar-refractivity contribution < 1.29 is 9.53 Å². The molecule has 0 saturated heterocycles. The summed E-state index contributed by atoms with van der Waals surface area (Å²) in [5.74, 6) is 0.913. The van der Waals surface area contributed by atoms with E-state index in [1.54, 1.807) is 0 Å². The van der Waals surface area contributed by atoms with E-state index in [9.17, 15) is 0 Å². The van der Waals surface area contributed by atoms with Crippen molar-refractivity contribution in [1.82, 2.24) is 0 Å². The smallest absolute Gasteiger partial charge is 0.231 e. The predicted molar refractivity (Wildman–Crippen MR) is 65.6 cm³/mol. The van der Waals surface area contributed by atoms with Gasteiger partial charge in [-0.15, -0.1) is 0 Å². The lowest BCUT2D eigenvalue weighted by atomic mass is 10.2. The number of isocyanates is 1. The molecule has 0 radical (unpaired) electrons. The van der Waals surface area contributed by atoms with Crippen LogP contribution in [-0.4, -0.2) is 6.08 Å². The second-order valence-corrected chi connectivity index (χ2v) is 3.19. The predicted octanol–water partition coefficient (Wildman–Crippen LogP) is 3.17. The van der Waals surface area contributed by atoms with Gasteiger partial charge < -0.3 is 4.74 Å². The minimum Gasteiger partial charge on any atom is -0.489 e. The average Bonchev–Trinajstić information content (AvgIpc) is 2.40. The van der Waals surface area contributed by atoms with Crippen molar-refractivity contribution in [3.05, 3.63) is 66.2 Å². The van der Waals surface area contributed by atoms with E-state index >= 15 is 0 Å². The third kappa shape index (κ3) is 5.30. The van der Waals surface area contributed by atoms with Crippen LogP contribution in [0.5, 0.6) is 5.75 Å². The molecule has 3 heteroatoms. The summed E-state index contributed by atoms with van der Waals surface area (Å²) in [5, 5.41) is 5.40. The van der Waals surface area contributed by atoms with E-state index in [1.807, 2.05) is 48.5 Å². The van der Waals surface area contributed by atoms with Crippen molar-refractivity contribution in [3.8, 4) is 5.75 Å². The summed E-state index contributed by atoms with van der Waals surface area (Å²) in [6.07, 6.45) is 0.750. The van der Waals surface area contributed by atoms with Gasteiger partial charge in [-0.3, -0.25) is 0 Å². The molecule has 0 bridgehead atoms. The molecule has 0 aliphatic carbocycles. The van der Waals surface area contributed by atoms with Gasteiger partial charge in [0.15, 0.2) is 0 Å². The Bertz CT molecular complexity index is 409. The lowest BCUT2D eigenvalue weighted by Gasteiger charge is -2.05. The maximum Gasteiger partial charge on any atom is 0.231 e. The molecule has 0 amide bonds. The molecule has 86 valence electrons. The molecule has 1 N–H and O–H groups in total. The van der Waals surface area contributed by atoms with Gasteiger partial charge in [0.1, 0.15) is 12.4 Å². The van der Waals surface area contributed by atoms with Gasteiger partial charge in [-0.25, -0.2) is 10.2 Å². The van der Waals surface area contributed by atoms with E-state index < -0.39 is 0 Å². The summed E-state index contributed by atoms with van der Waals surface area (Å²) in [6.45, 7) is 0.630. The minimum absolute atomic E-state index is 0.630. The highest BCUT2D eigenvalue weighted by Gasteiger charge is 1.92. The topological polar surface area (TPSA) is 50.2 Å². The van der Waals surface area contributed by atoms with Gasteiger partial charge in [0.2, 0.25) is 6.08 Å². The summed E-state index contributed by atoms with van der Waals surface area (Å²) in [4.78, 5) is 8.35. The van der Waals surface area contributed by atoms with E-state index in [1.165, 1.54) is 5.56 Å². The lowest BCUT2D eigenvalue weighted by Crippen LogP contribution is -1.94. The molecule has 0 saturated carbocycles. The number of carbonyl (C=O) groups excluding carboxylic acids is 1. The van der Waals surface area contributed by atoms with E-state index in [0.29, 0.717) is 6.61 Å². The molecular formula is C14H13NO2. The van der Waals surface area contributed by atoms with Crippen LogP contribution >= 0.6 is 0 Å². The molecule has 0 atom stereocenters. The Kier molecular flexibility index (Phi) is 5.86. The molecule has 0 aliphatic rings. The highest BCUT2D eigenvalue weighted by atomic mass is 16.5. The normalized spacial score (nSPS) is 8.47. The van der Waals surface area contributed by atoms with Gasteiger partial charge in [-0.1, -0.05) is 48.5 Å². The van der Waals surface area contributed by atoms with Crippen molar-refractivity contribution in [2.24, 2.45) is 0 Å². The number of para-hydroxylation sites is 1. The number of ether oxygens (including phenoxy) is 1. The van der Waals surface area contributed by atoms with Crippen LogP contribution in [0.2, 0.25) is 0 Å². The van der Waals surface area contributed by atoms with Gasteiger partial charge in [-0.05, 0) is 17.7 Å². The quantitative estimate of drug-likeness (QED) is 0.646. The van der Waals surface area contributed by atoms with E-state index in [2.05, 4.69) is 12.1 Å². The van der Waals surface area contributed by atoms with Crippen LogP contribution < -0.4 is 4.74 Å². The Balaban J connectivity index is 0.000000437. The largest absolute Gasteiger partial charge is 0.489 e. The molecule has 2 aromatic carbocycles. The van der Waals surface area contributed by atoms with Crippen LogP contribution in [0.3, 0.4) is 0 Å². The van der Waals surface area contributed by atoms with E-state index in [4.69, 9.17) is 14.9 Å². The lowest BCUT2D eigenvalue weighted by molar-refractivity contribution is 0.306. The molecule has 0 heterocycles. The first-order valence-corrected chi connectivity index (χ1v) is 5.12. The van der Waals surface area contributed by atoms with Crippen LogP contribution in [0, 0.1) is 5.41 Å². The van der Waals surface area contributed by atoms with Crippen LogP contribution in [0.4, 0.5) is 0 Å². The van der Waals surface area contributed by atoms with Gasteiger partial charge in [0, 0.05) is 0 Å². The van der Waals surface area contributed by atoms with Crippen LogP contribution in [0.15, 0.2) is 60.7 Å². The first kappa shape index (κ1) is 12.7. The molecule has 2 rings (SSSR count). The third-order valence-electron chi connectivity index (χ3n) is 1.99. The second kappa shape index (κ2) is 7.85. The third-order valence-corrected chi connectivity index (χ3v) is 1.99. The standard InChI is InChI=1S/C13H12O.CHNO/c1-3-7-12(8-4-1)11-14-13-9-5-2-6-10-13;2-1-3/h1-10H,11H2;2H. The van der Waals surface area contributed by atoms with Crippen molar-refractivity contribution >= 4 is 6.08 Å². The average molecular weight is 227 g/mol. The second-order valence-electron chi connectivity index (χ2n) is 3.19. The molecule has 0 unspecified atom stereocenters. The molecule has 0 spiro atoms. The summed E-state index contributed by atoms with van der Waals surface area (Å²) in [5.41, 5.74) is 1.19. The Hall–Kier alpha value is -2.38. The number of hydrogen-bond acceptors (Lipinski definition) is 3. The minimum atomic E-state index is 0.630. The maximum absolute atomic E-state index is 8.35. The van der Waals surface area contributed by atoms with Crippen molar-refractivity contribution in [3.63, 3.8) is 0 Å². The zero-order valence-electron chi connectivity index (χ0n) is 9.30. The zero-order valence-corrected chi connectivity index (χ0v) is 9.30. The number of hydrogen-bond donors (Lipinski definition) is 1. The molecule has 0 aromatic heterocycles. The molecule has 0 aliphatic heterocycles. The monoisotopic (exact) mass is 227 g/mol. The molecule has 3 nitrogen and oxygen atoms in total. The fourth-order valence-corrected chi connectivity index (χ4v) is 1.26. The summed E-state index contributed by atoms with van der Waals surface area (Å²) in [7, 11) is 0. The van der Waals surface area contributed by atoms with Crippen LogP contribution in [0.25, 0.3) is 0 Å². The number of benzene rings is 2. The summed E-state index contributed by atoms with van der Waals surface area (Å²) >= 11 is 0. The summed E-state index contributed by atoms with van der Waals surface area (Å²) < 4.78 is 5.59. The molecular weight excluding hydrogens is 214 g/mol. The Morgan fingerprint density at radius 1 is 0.941 bits per heavy atom. The van der Waals surface area contributed by atoms with Gasteiger partial charge in [0.05, 0.1) is 0 Å². The highest BCUT2D eigenvalue weighted by Crippen LogP contribution is 2.10. The summed E-state index contributed by atoms with van der Waals surface area (Å²) in [6, 6.07) is 20.0. The van der Waals surface area contributed by atoms with E-state index in [-0.39, 0.29) is 0 Å². The highest BCUT2D eigenvalue weighted by molar-refractivity contribution is 5.26. The fraction of sp³-hybridized carbons (Fsp3) is 0.0714. The van der Waals surface area contributed by atoms with Crippen molar-refractivity contribution in [2.45, 2.75) is 6.61 Å². The number of rotatable bonds is 3. The van der Waals surface area contributed by atoms with E-state index in [0.717, 1.165) is 11.8 Å². The van der Waals surface area contributed by atoms with Crippen molar-refractivity contribution in [2.75, 3.05) is 0 Å². The Morgan fingerprint density at radius 2 is 1.41 bits per heavy atom. The van der Waals surface area contributed by atoms with Gasteiger partial charge in [-0.2, -0.15) is 0 Å². The number of nitrogens with one attached hydrogen (secondary N) is 1. The molecule has 17 heavy (non-hydrogen) atoms. The first-order valence-electron chi connectivity index (χ1n) is 5.12. The molecule has 2 aromatic rings. The molecule has 0 fully saturated rings. The maximum atomic E-state index is 8.35.